The Hall–Kier alpha value is -1.81. The number of aliphatic hydroxyl groups excluding tert-OH is 1. The van der Waals surface area contributed by atoms with E-state index < -0.39 is 47.8 Å². The Bertz CT molecular complexity index is 758. The lowest BCUT2D eigenvalue weighted by atomic mass is 9.96. The normalized spacial score (nSPS) is 21.9. The van der Waals surface area contributed by atoms with Crippen molar-refractivity contribution in [2.24, 2.45) is 11.1 Å². The summed E-state index contributed by atoms with van der Waals surface area (Å²) in [5, 5.41) is 10.9. The van der Waals surface area contributed by atoms with E-state index in [0.717, 1.165) is 18.2 Å². The number of rotatable bonds is 6. The highest BCUT2D eigenvalue weighted by atomic mass is 19.1. The van der Waals surface area contributed by atoms with E-state index in [1.54, 1.807) is 20.8 Å². The van der Waals surface area contributed by atoms with Gasteiger partial charge in [-0.15, -0.1) is 0 Å². The standard InChI is InChI=1S/C23H36F2N2O5/c1-22(2,3)13-31-19-11-27(21(29)32-23(4,5)6)18(12-30-19)20(28)17(26)9-14-7-15(24)10-16(25)8-14/h7-8,10,17-20,28H,9,11-13,26H2,1-6H3. The van der Waals surface area contributed by atoms with Crippen LogP contribution >= 0.6 is 0 Å². The fourth-order valence-corrected chi connectivity index (χ4v) is 3.31. The molecule has 0 spiro atoms. The second-order valence-corrected chi connectivity index (χ2v) is 10.5. The van der Waals surface area contributed by atoms with Crippen LogP contribution in [-0.4, -0.2) is 65.9 Å². The number of carbonyl (C=O) groups is 1. The third-order valence-corrected chi connectivity index (χ3v) is 4.76. The summed E-state index contributed by atoms with van der Waals surface area (Å²) in [6.45, 7) is 11.7. The molecule has 1 saturated heterocycles. The lowest BCUT2D eigenvalue weighted by Gasteiger charge is -2.43. The highest BCUT2D eigenvalue weighted by Crippen LogP contribution is 2.23. The molecule has 182 valence electrons. The summed E-state index contributed by atoms with van der Waals surface area (Å²) in [4.78, 5) is 14.2. The number of nitrogens with zero attached hydrogens (tertiary/aromatic N) is 1. The molecule has 1 aromatic rings. The molecule has 1 aliphatic heterocycles. The van der Waals surface area contributed by atoms with Gasteiger partial charge in [0.15, 0.2) is 6.29 Å². The molecular weight excluding hydrogens is 422 g/mol. The van der Waals surface area contributed by atoms with Gasteiger partial charge in [-0.25, -0.2) is 13.6 Å². The van der Waals surface area contributed by atoms with E-state index in [1.807, 2.05) is 20.8 Å². The molecule has 2 rings (SSSR count). The van der Waals surface area contributed by atoms with Gasteiger partial charge in [0.1, 0.15) is 17.2 Å². The number of aliphatic hydroxyl groups is 1. The predicted molar refractivity (Wildman–Crippen MR) is 116 cm³/mol. The Balaban J connectivity index is 2.15. The molecule has 0 bridgehead atoms. The van der Waals surface area contributed by atoms with Crippen molar-refractivity contribution < 1.29 is 32.9 Å². The van der Waals surface area contributed by atoms with Crippen LogP contribution in [0.2, 0.25) is 0 Å². The van der Waals surface area contributed by atoms with Crippen molar-refractivity contribution in [3.05, 3.63) is 35.4 Å². The number of amides is 1. The lowest BCUT2D eigenvalue weighted by Crippen LogP contribution is -2.62. The Morgan fingerprint density at radius 3 is 2.34 bits per heavy atom. The van der Waals surface area contributed by atoms with Crippen molar-refractivity contribution in [2.45, 2.75) is 78.0 Å². The van der Waals surface area contributed by atoms with Crippen LogP contribution in [0.3, 0.4) is 0 Å². The minimum absolute atomic E-state index is 0.0124. The molecule has 0 saturated carbocycles. The lowest BCUT2D eigenvalue weighted by molar-refractivity contribution is -0.210. The number of hydrogen-bond donors (Lipinski definition) is 2. The van der Waals surface area contributed by atoms with Crippen LogP contribution in [-0.2, 0) is 20.6 Å². The third-order valence-electron chi connectivity index (χ3n) is 4.76. The Morgan fingerprint density at radius 2 is 1.81 bits per heavy atom. The van der Waals surface area contributed by atoms with Crippen LogP contribution in [0.5, 0.6) is 0 Å². The highest BCUT2D eigenvalue weighted by Gasteiger charge is 2.41. The molecule has 0 radical (unpaired) electrons. The van der Waals surface area contributed by atoms with Crippen LogP contribution < -0.4 is 5.73 Å². The molecule has 1 amide bonds. The van der Waals surface area contributed by atoms with Gasteiger partial charge < -0.3 is 25.1 Å². The summed E-state index contributed by atoms with van der Waals surface area (Å²) >= 11 is 0. The summed E-state index contributed by atoms with van der Waals surface area (Å²) in [5.74, 6) is -1.45. The molecule has 1 aromatic carbocycles. The molecule has 0 aliphatic carbocycles. The van der Waals surface area contributed by atoms with Gasteiger partial charge in [-0.3, -0.25) is 4.90 Å². The highest BCUT2D eigenvalue weighted by molar-refractivity contribution is 5.69. The second-order valence-electron chi connectivity index (χ2n) is 10.5. The van der Waals surface area contributed by atoms with E-state index >= 15 is 0 Å². The molecular formula is C23H36F2N2O5. The average Bonchev–Trinajstić information content (AvgIpc) is 2.62. The molecule has 0 aromatic heterocycles. The van der Waals surface area contributed by atoms with Gasteiger partial charge in [-0.2, -0.15) is 0 Å². The van der Waals surface area contributed by atoms with Crippen LogP contribution in [0.25, 0.3) is 0 Å². The maximum atomic E-state index is 13.5. The van der Waals surface area contributed by atoms with E-state index in [2.05, 4.69) is 0 Å². The van der Waals surface area contributed by atoms with Gasteiger partial charge in [0, 0.05) is 12.1 Å². The SMILES string of the molecule is CC(C)(C)COC1CN(C(=O)OC(C)(C)C)C(C(O)C(N)Cc2cc(F)cc(F)c2)CO1. The average molecular weight is 459 g/mol. The number of hydrogen-bond acceptors (Lipinski definition) is 6. The Morgan fingerprint density at radius 1 is 1.22 bits per heavy atom. The van der Waals surface area contributed by atoms with Gasteiger partial charge in [0.2, 0.25) is 0 Å². The molecule has 7 nitrogen and oxygen atoms in total. The van der Waals surface area contributed by atoms with Crippen LogP contribution in [0.4, 0.5) is 13.6 Å². The second kappa shape index (κ2) is 10.4. The van der Waals surface area contributed by atoms with Crippen molar-refractivity contribution in [1.82, 2.24) is 4.90 Å². The predicted octanol–water partition coefficient (Wildman–Crippen LogP) is 3.22. The quantitative estimate of drug-likeness (QED) is 0.680. The Kier molecular flexibility index (Phi) is 8.61. The molecule has 3 N–H and O–H groups in total. The van der Waals surface area contributed by atoms with Crippen molar-refractivity contribution in [1.29, 1.82) is 0 Å². The maximum Gasteiger partial charge on any atom is 0.410 e. The summed E-state index contributed by atoms with van der Waals surface area (Å²) < 4.78 is 44.1. The minimum Gasteiger partial charge on any atom is -0.444 e. The zero-order chi connectivity index (χ0) is 24.3. The first kappa shape index (κ1) is 26.4. The molecule has 4 unspecified atom stereocenters. The molecule has 9 heteroatoms. The third kappa shape index (κ3) is 8.27. The van der Waals surface area contributed by atoms with E-state index in [4.69, 9.17) is 19.9 Å². The van der Waals surface area contributed by atoms with Crippen LogP contribution in [0.15, 0.2) is 18.2 Å². The first-order valence-electron chi connectivity index (χ1n) is 10.8. The monoisotopic (exact) mass is 458 g/mol. The van der Waals surface area contributed by atoms with E-state index in [-0.39, 0.29) is 25.0 Å². The van der Waals surface area contributed by atoms with E-state index in [9.17, 15) is 18.7 Å². The number of nitrogens with two attached hydrogens (primary N) is 1. The van der Waals surface area contributed by atoms with Crippen molar-refractivity contribution in [3.8, 4) is 0 Å². The molecule has 1 heterocycles. The number of ether oxygens (including phenoxy) is 3. The van der Waals surface area contributed by atoms with Crippen LogP contribution in [0.1, 0.15) is 47.1 Å². The van der Waals surface area contributed by atoms with Gasteiger partial charge >= 0.3 is 6.09 Å². The summed E-state index contributed by atoms with van der Waals surface area (Å²) in [6.07, 6.45) is -2.52. The maximum absolute atomic E-state index is 13.5. The van der Waals surface area contributed by atoms with E-state index in [1.165, 1.54) is 4.90 Å². The number of morpholine rings is 1. The molecule has 1 aliphatic rings. The van der Waals surface area contributed by atoms with Gasteiger partial charge in [-0.05, 0) is 50.3 Å². The fraction of sp³-hybridized carbons (Fsp3) is 0.696. The zero-order valence-corrected chi connectivity index (χ0v) is 19.7. The number of benzene rings is 1. The van der Waals surface area contributed by atoms with Crippen LogP contribution in [0, 0.1) is 17.0 Å². The Labute approximate surface area is 188 Å². The van der Waals surface area contributed by atoms with Gasteiger partial charge in [0.25, 0.3) is 0 Å². The van der Waals surface area contributed by atoms with E-state index in [0.29, 0.717) is 12.2 Å². The van der Waals surface area contributed by atoms with Crippen molar-refractivity contribution >= 4 is 6.09 Å². The fourth-order valence-electron chi connectivity index (χ4n) is 3.31. The first-order valence-corrected chi connectivity index (χ1v) is 10.8. The van der Waals surface area contributed by atoms with Crippen molar-refractivity contribution in [2.75, 3.05) is 19.8 Å². The summed E-state index contributed by atoms with van der Waals surface area (Å²) in [5.41, 5.74) is 5.63. The molecule has 32 heavy (non-hydrogen) atoms. The molecule has 4 atom stereocenters. The zero-order valence-electron chi connectivity index (χ0n) is 19.7. The molecule has 1 fully saturated rings. The number of carbonyl (C=O) groups excluding carboxylic acids is 1. The smallest absolute Gasteiger partial charge is 0.410 e. The first-order chi connectivity index (χ1) is 14.6. The largest absolute Gasteiger partial charge is 0.444 e. The minimum atomic E-state index is -1.22. The summed E-state index contributed by atoms with van der Waals surface area (Å²) in [7, 11) is 0. The topological polar surface area (TPSA) is 94.2 Å². The van der Waals surface area contributed by atoms with Gasteiger partial charge in [-0.1, -0.05) is 20.8 Å². The summed E-state index contributed by atoms with van der Waals surface area (Å²) in [6, 6.07) is 1.38. The van der Waals surface area contributed by atoms with Gasteiger partial charge in [0.05, 0.1) is 31.9 Å². The number of halogens is 2. The van der Waals surface area contributed by atoms with Crippen molar-refractivity contribution in [3.63, 3.8) is 0 Å².